The third-order valence-electron chi connectivity index (χ3n) is 4.55. The van der Waals surface area contributed by atoms with Gasteiger partial charge in [0.25, 0.3) is 5.91 Å². The smallest absolute Gasteiger partial charge is 0.262 e. The van der Waals surface area contributed by atoms with Crippen LogP contribution >= 0.6 is 0 Å². The molecule has 0 bridgehead atoms. The number of carbonyl (C=O) groups excluding carboxylic acids is 1. The minimum Gasteiger partial charge on any atom is -0.491 e. The van der Waals surface area contributed by atoms with Crippen molar-refractivity contribution in [3.05, 3.63) is 65.2 Å². The van der Waals surface area contributed by atoms with Crippen LogP contribution in [-0.4, -0.2) is 44.3 Å². The molecule has 0 fully saturated rings. The number of benzene rings is 1. The van der Waals surface area contributed by atoms with Crippen LogP contribution in [0.2, 0.25) is 0 Å². The van der Waals surface area contributed by atoms with E-state index in [2.05, 4.69) is 15.6 Å². The van der Waals surface area contributed by atoms with E-state index in [-0.39, 0.29) is 17.3 Å². The van der Waals surface area contributed by atoms with Crippen LogP contribution in [0, 0.1) is 17.3 Å². The van der Waals surface area contributed by atoms with Gasteiger partial charge < -0.3 is 20.1 Å². The molecule has 7 nitrogen and oxygen atoms in total. The van der Waals surface area contributed by atoms with Gasteiger partial charge in [0.1, 0.15) is 24.0 Å². The lowest BCUT2D eigenvalue weighted by atomic mass is 10.0. The first-order chi connectivity index (χ1) is 15.6. The van der Waals surface area contributed by atoms with Gasteiger partial charge in [0.2, 0.25) is 5.95 Å². The second kappa shape index (κ2) is 13.9. The molecule has 1 atom stereocenters. The third kappa shape index (κ3) is 8.46. The van der Waals surface area contributed by atoms with E-state index in [1.165, 1.54) is 24.3 Å². The maximum atomic E-state index is 13.3. The van der Waals surface area contributed by atoms with Gasteiger partial charge in [-0.05, 0) is 49.4 Å². The Morgan fingerprint density at radius 2 is 2.00 bits per heavy atom. The van der Waals surface area contributed by atoms with E-state index in [1.54, 1.807) is 0 Å². The first kappa shape index (κ1) is 25.0. The van der Waals surface area contributed by atoms with Gasteiger partial charge in [-0.2, -0.15) is 9.65 Å². The number of likely N-dealkylation sites (N-methyl/N-ethyl adjacent to an activating group) is 1. The Morgan fingerprint density at radius 1 is 1.22 bits per heavy atom. The Bertz CT molecular complexity index is 926. The highest BCUT2D eigenvalue weighted by Gasteiger charge is 2.17. The van der Waals surface area contributed by atoms with E-state index in [1.807, 2.05) is 44.3 Å². The van der Waals surface area contributed by atoms with E-state index in [9.17, 15) is 14.4 Å². The van der Waals surface area contributed by atoms with Crippen LogP contribution in [0.1, 0.15) is 37.1 Å². The molecular formula is C24H29FN4O3. The largest absolute Gasteiger partial charge is 0.491 e. The SMILES string of the molecule is CCCC(NC(=O)/C(C#N)=C/c1cccc(F)n1)c1ccc(OCCOCCNC)cc1. The number of hydrogen-bond acceptors (Lipinski definition) is 6. The summed E-state index contributed by atoms with van der Waals surface area (Å²) in [5, 5.41) is 15.3. The number of halogens is 1. The number of pyridine rings is 1. The lowest BCUT2D eigenvalue weighted by Crippen LogP contribution is -2.29. The molecule has 0 spiro atoms. The molecule has 170 valence electrons. The summed E-state index contributed by atoms with van der Waals surface area (Å²) in [5.41, 5.74) is 0.974. The summed E-state index contributed by atoms with van der Waals surface area (Å²) < 4.78 is 24.4. The molecule has 0 saturated carbocycles. The third-order valence-corrected chi connectivity index (χ3v) is 4.55. The number of nitriles is 1. The molecule has 1 aromatic carbocycles. The molecule has 2 N–H and O–H groups in total. The highest BCUT2D eigenvalue weighted by atomic mass is 19.1. The first-order valence-electron chi connectivity index (χ1n) is 10.6. The maximum absolute atomic E-state index is 13.3. The number of ether oxygens (including phenoxy) is 2. The molecule has 0 radical (unpaired) electrons. The number of nitrogens with one attached hydrogen (secondary N) is 2. The van der Waals surface area contributed by atoms with Crippen LogP contribution < -0.4 is 15.4 Å². The van der Waals surface area contributed by atoms with E-state index < -0.39 is 11.9 Å². The minimum absolute atomic E-state index is 0.137. The van der Waals surface area contributed by atoms with Gasteiger partial charge in [0.15, 0.2) is 0 Å². The summed E-state index contributed by atoms with van der Waals surface area (Å²) in [4.78, 5) is 16.3. The van der Waals surface area contributed by atoms with Gasteiger partial charge in [-0.3, -0.25) is 4.79 Å². The Morgan fingerprint density at radius 3 is 2.66 bits per heavy atom. The summed E-state index contributed by atoms with van der Waals surface area (Å²) in [5.74, 6) is -0.495. The number of rotatable bonds is 13. The molecule has 0 aliphatic carbocycles. The number of carbonyl (C=O) groups is 1. The van der Waals surface area contributed by atoms with Gasteiger partial charge in [-0.15, -0.1) is 0 Å². The quantitative estimate of drug-likeness (QED) is 0.215. The van der Waals surface area contributed by atoms with Crippen molar-refractivity contribution in [3.8, 4) is 11.8 Å². The van der Waals surface area contributed by atoms with Crippen molar-refractivity contribution in [1.29, 1.82) is 5.26 Å². The van der Waals surface area contributed by atoms with Crippen molar-refractivity contribution in [2.24, 2.45) is 0 Å². The van der Waals surface area contributed by atoms with Gasteiger partial charge in [-0.25, -0.2) is 4.98 Å². The normalized spacial score (nSPS) is 12.1. The van der Waals surface area contributed by atoms with Crippen LogP contribution in [-0.2, 0) is 9.53 Å². The standard InChI is InChI=1S/C24H29FN4O3/c1-3-5-22(18-8-10-21(11-9-18)32-15-14-31-13-12-27-2)29-24(30)19(17-26)16-20-6-4-7-23(25)28-20/h4,6-11,16,22,27H,3,5,12-15H2,1-2H3,(H,29,30)/b19-16+. The predicted molar refractivity (Wildman–Crippen MR) is 120 cm³/mol. The van der Waals surface area contributed by atoms with Crippen molar-refractivity contribution < 1.29 is 18.7 Å². The van der Waals surface area contributed by atoms with Gasteiger partial charge >= 0.3 is 0 Å². The second-order valence-electron chi connectivity index (χ2n) is 7.00. The van der Waals surface area contributed by atoms with E-state index in [0.717, 1.165) is 18.5 Å². The van der Waals surface area contributed by atoms with E-state index >= 15 is 0 Å². The molecule has 1 heterocycles. The van der Waals surface area contributed by atoms with Gasteiger partial charge in [0, 0.05) is 6.54 Å². The second-order valence-corrected chi connectivity index (χ2v) is 7.00. The maximum Gasteiger partial charge on any atom is 0.262 e. The molecule has 2 rings (SSSR count). The van der Waals surface area contributed by atoms with Crippen molar-refractivity contribution in [3.63, 3.8) is 0 Å². The molecule has 0 saturated heterocycles. The molecule has 0 aliphatic heterocycles. The molecule has 1 aromatic heterocycles. The summed E-state index contributed by atoms with van der Waals surface area (Å²) in [6.45, 7) is 4.39. The van der Waals surface area contributed by atoms with Crippen molar-refractivity contribution in [1.82, 2.24) is 15.6 Å². The number of amides is 1. The number of aromatic nitrogens is 1. The minimum atomic E-state index is -0.674. The van der Waals surface area contributed by atoms with Crippen molar-refractivity contribution in [2.75, 3.05) is 33.4 Å². The monoisotopic (exact) mass is 440 g/mol. The fourth-order valence-corrected chi connectivity index (χ4v) is 2.94. The molecule has 2 aromatic rings. The van der Waals surface area contributed by atoms with Crippen molar-refractivity contribution >= 4 is 12.0 Å². The topological polar surface area (TPSA) is 96.3 Å². The van der Waals surface area contributed by atoms with Gasteiger partial charge in [-0.1, -0.05) is 31.5 Å². The predicted octanol–water partition coefficient (Wildman–Crippen LogP) is 3.40. The zero-order valence-electron chi connectivity index (χ0n) is 18.4. The van der Waals surface area contributed by atoms with Crippen LogP contribution in [0.4, 0.5) is 4.39 Å². The molecule has 0 aliphatic rings. The fraction of sp³-hybridized carbons (Fsp3) is 0.375. The van der Waals surface area contributed by atoms with Gasteiger partial charge in [0.05, 0.1) is 24.9 Å². The summed E-state index contributed by atoms with van der Waals surface area (Å²) in [6.07, 6.45) is 2.81. The van der Waals surface area contributed by atoms with Crippen molar-refractivity contribution in [2.45, 2.75) is 25.8 Å². The zero-order valence-corrected chi connectivity index (χ0v) is 18.4. The molecule has 32 heavy (non-hydrogen) atoms. The lowest BCUT2D eigenvalue weighted by molar-refractivity contribution is -0.117. The average molecular weight is 441 g/mol. The summed E-state index contributed by atoms with van der Waals surface area (Å²) >= 11 is 0. The fourth-order valence-electron chi connectivity index (χ4n) is 2.94. The number of hydrogen-bond donors (Lipinski definition) is 2. The highest BCUT2D eigenvalue weighted by Crippen LogP contribution is 2.22. The Hall–Kier alpha value is -3.28. The molecule has 1 amide bonds. The molecule has 1 unspecified atom stereocenters. The number of nitrogens with zero attached hydrogens (tertiary/aromatic N) is 2. The summed E-state index contributed by atoms with van der Waals surface area (Å²) in [6, 6.07) is 13.3. The Labute approximate surface area is 188 Å². The Kier molecular flexibility index (Phi) is 10.9. The van der Waals surface area contributed by atoms with E-state index in [0.29, 0.717) is 32.0 Å². The van der Waals surface area contributed by atoms with Crippen LogP contribution in [0.25, 0.3) is 6.08 Å². The summed E-state index contributed by atoms with van der Waals surface area (Å²) in [7, 11) is 1.87. The van der Waals surface area contributed by atoms with Crippen LogP contribution in [0.15, 0.2) is 48.0 Å². The average Bonchev–Trinajstić information content (AvgIpc) is 2.80. The zero-order chi connectivity index (χ0) is 23.2. The van der Waals surface area contributed by atoms with Crippen LogP contribution in [0.5, 0.6) is 5.75 Å². The lowest BCUT2D eigenvalue weighted by Gasteiger charge is -2.19. The highest BCUT2D eigenvalue weighted by molar-refractivity contribution is 6.01. The van der Waals surface area contributed by atoms with Crippen LogP contribution in [0.3, 0.4) is 0 Å². The molecule has 8 heteroatoms. The first-order valence-corrected chi connectivity index (χ1v) is 10.6. The molecular weight excluding hydrogens is 411 g/mol. The Balaban J connectivity index is 1.99. The van der Waals surface area contributed by atoms with E-state index in [4.69, 9.17) is 9.47 Å².